The Hall–Kier alpha value is -6.45. The van der Waals surface area contributed by atoms with Gasteiger partial charge in [-0.2, -0.15) is 0 Å². The van der Waals surface area contributed by atoms with Gasteiger partial charge in [-0.3, -0.25) is 29.3 Å². The maximum absolute atomic E-state index is 14.6. The second-order valence-electron chi connectivity index (χ2n) is 13.8. The Bertz CT molecular complexity index is 2210. The van der Waals surface area contributed by atoms with Crippen molar-refractivity contribution in [3.8, 4) is 5.75 Å². The van der Waals surface area contributed by atoms with Crippen molar-refractivity contribution in [1.29, 1.82) is 0 Å². The first-order valence-electron chi connectivity index (χ1n) is 18.6. The predicted octanol–water partition coefficient (Wildman–Crippen LogP) is 6.23. The van der Waals surface area contributed by atoms with E-state index in [0.29, 0.717) is 29.1 Å². The number of hydrogen-bond acceptors (Lipinski definition) is 7. The summed E-state index contributed by atoms with van der Waals surface area (Å²) in [5, 5.41) is 15.9. The van der Waals surface area contributed by atoms with Crippen LogP contribution in [0, 0.1) is 23.7 Å². The van der Waals surface area contributed by atoms with Gasteiger partial charge in [0, 0.05) is 49.0 Å². The third-order valence-corrected chi connectivity index (χ3v) is 10.8. The number of nitrogens with one attached hydrogen (secondary N) is 1. The molecule has 2 N–H and O–H groups in total. The highest BCUT2D eigenvalue weighted by molar-refractivity contribution is 6.08. The second kappa shape index (κ2) is 15.1. The molecule has 3 aliphatic rings. The molecule has 8 rings (SSSR count). The Morgan fingerprint density at radius 3 is 2.18 bits per heavy atom. The number of imide groups is 1. The van der Waals surface area contributed by atoms with Crippen LogP contribution in [0.1, 0.15) is 35.0 Å². The molecular formula is C46H40N4O5. The molecule has 5 atom stereocenters. The fourth-order valence-corrected chi connectivity index (χ4v) is 8.50. The monoisotopic (exact) mass is 728 g/mol. The number of hydrogen-bond donors (Lipinski definition) is 2. The largest absolute Gasteiger partial charge is 0.494 e. The van der Waals surface area contributed by atoms with Gasteiger partial charge in [0.05, 0.1) is 29.8 Å². The lowest BCUT2D eigenvalue weighted by Crippen LogP contribution is -2.40. The van der Waals surface area contributed by atoms with Crippen LogP contribution >= 0.6 is 0 Å². The molecule has 9 heteroatoms. The zero-order valence-corrected chi connectivity index (χ0v) is 30.3. The van der Waals surface area contributed by atoms with Gasteiger partial charge in [-0.15, -0.1) is 0 Å². The summed E-state index contributed by atoms with van der Waals surface area (Å²) in [4.78, 5) is 52.5. The van der Waals surface area contributed by atoms with E-state index in [1.165, 1.54) is 11.0 Å². The molecule has 2 fully saturated rings. The standard InChI is InChI=1S/C46H40N4O5/c1-2-55-33-22-19-30(20-23-33)21-24-38(51)49-27-28-50-44(52)41-34-29-35(46(54,32-15-7-4-8-16-32)37-18-10-12-26-48-37)42(43(41)45(50)53)40(34)39(31-13-5-3-6-14-31)36-17-9-11-25-47-36/h3-26,29,34,41-43,54H,2,27-28H2,1H3,(H,49,51). The van der Waals surface area contributed by atoms with Crippen LogP contribution in [0.3, 0.4) is 0 Å². The van der Waals surface area contributed by atoms with E-state index < -0.39 is 29.3 Å². The molecule has 5 aromatic rings. The van der Waals surface area contributed by atoms with Gasteiger partial charge in [-0.1, -0.05) is 91.0 Å². The second-order valence-corrected chi connectivity index (χ2v) is 13.8. The minimum absolute atomic E-state index is 0.0239. The summed E-state index contributed by atoms with van der Waals surface area (Å²) in [6.45, 7) is 2.60. The number of nitrogens with zero attached hydrogens (tertiary/aromatic N) is 3. The minimum Gasteiger partial charge on any atom is -0.494 e. The Morgan fingerprint density at radius 2 is 1.51 bits per heavy atom. The third-order valence-electron chi connectivity index (χ3n) is 10.8. The summed E-state index contributed by atoms with van der Waals surface area (Å²) in [6, 6.07) is 37.8. The van der Waals surface area contributed by atoms with Crippen molar-refractivity contribution in [2.45, 2.75) is 12.5 Å². The topological polar surface area (TPSA) is 122 Å². The summed E-state index contributed by atoms with van der Waals surface area (Å²) in [5.41, 5.74) is 4.11. The van der Waals surface area contributed by atoms with Gasteiger partial charge in [-0.25, -0.2) is 0 Å². The van der Waals surface area contributed by atoms with Gasteiger partial charge in [-0.05, 0) is 77.2 Å². The molecular weight excluding hydrogens is 689 g/mol. The van der Waals surface area contributed by atoms with Gasteiger partial charge < -0.3 is 15.2 Å². The van der Waals surface area contributed by atoms with Crippen LogP contribution in [0.15, 0.2) is 157 Å². The van der Waals surface area contributed by atoms with Crippen molar-refractivity contribution in [3.63, 3.8) is 0 Å². The van der Waals surface area contributed by atoms with Gasteiger partial charge in [0.15, 0.2) is 5.60 Å². The number of ether oxygens (including phenoxy) is 1. The van der Waals surface area contributed by atoms with Gasteiger partial charge in [0.25, 0.3) is 0 Å². The molecule has 3 aromatic carbocycles. The highest BCUT2D eigenvalue weighted by Crippen LogP contribution is 2.64. The number of aliphatic hydroxyl groups is 1. The highest BCUT2D eigenvalue weighted by Gasteiger charge is 2.66. The van der Waals surface area contributed by atoms with E-state index in [9.17, 15) is 19.5 Å². The van der Waals surface area contributed by atoms with Gasteiger partial charge >= 0.3 is 0 Å². The first-order valence-corrected chi connectivity index (χ1v) is 18.6. The first kappa shape index (κ1) is 35.6. The highest BCUT2D eigenvalue weighted by atomic mass is 16.5. The number of allylic oxidation sites excluding steroid dienone is 2. The van der Waals surface area contributed by atoms with Crippen molar-refractivity contribution >= 4 is 29.4 Å². The number of amides is 3. The van der Waals surface area contributed by atoms with E-state index in [1.54, 1.807) is 30.6 Å². The summed E-state index contributed by atoms with van der Waals surface area (Å²) in [7, 11) is 0. The quantitative estimate of drug-likeness (QED) is 0.0888. The maximum atomic E-state index is 14.6. The molecule has 274 valence electrons. The van der Waals surface area contributed by atoms with Gasteiger partial charge in [0.2, 0.25) is 17.7 Å². The Labute approximate surface area is 319 Å². The number of carbonyl (C=O) groups is 3. The maximum Gasteiger partial charge on any atom is 0.244 e. The first-order chi connectivity index (χ1) is 26.9. The number of aromatic nitrogens is 2. The van der Waals surface area contributed by atoms with E-state index in [1.807, 2.05) is 122 Å². The predicted molar refractivity (Wildman–Crippen MR) is 209 cm³/mol. The van der Waals surface area contributed by atoms with Crippen molar-refractivity contribution in [1.82, 2.24) is 20.2 Å². The van der Waals surface area contributed by atoms with E-state index in [4.69, 9.17) is 9.72 Å². The average molecular weight is 729 g/mol. The summed E-state index contributed by atoms with van der Waals surface area (Å²) in [5.74, 6) is -2.81. The van der Waals surface area contributed by atoms with E-state index >= 15 is 0 Å². The van der Waals surface area contributed by atoms with Crippen molar-refractivity contribution in [2.75, 3.05) is 19.7 Å². The zero-order valence-electron chi connectivity index (χ0n) is 30.3. The normalized spacial score (nSPS) is 22.0. The van der Waals surface area contributed by atoms with Crippen LogP contribution in [0.25, 0.3) is 11.6 Å². The zero-order chi connectivity index (χ0) is 37.9. The van der Waals surface area contributed by atoms with Crippen molar-refractivity contribution in [3.05, 3.63) is 185 Å². The molecule has 0 spiro atoms. The number of likely N-dealkylation sites (tertiary alicyclic amines) is 1. The number of carbonyl (C=O) groups excluding carboxylic acids is 3. The summed E-state index contributed by atoms with van der Waals surface area (Å²) >= 11 is 0. The number of benzene rings is 3. The van der Waals surface area contributed by atoms with Gasteiger partial charge in [0.1, 0.15) is 5.75 Å². The molecule has 1 aliphatic heterocycles. The third kappa shape index (κ3) is 6.46. The summed E-state index contributed by atoms with van der Waals surface area (Å²) in [6.07, 6.45) is 8.50. The molecule has 9 nitrogen and oxygen atoms in total. The Morgan fingerprint density at radius 1 is 0.836 bits per heavy atom. The molecule has 1 saturated carbocycles. The van der Waals surface area contributed by atoms with Crippen molar-refractivity contribution in [2.24, 2.45) is 23.7 Å². The van der Waals surface area contributed by atoms with Crippen LogP contribution in [0.4, 0.5) is 0 Å². The average Bonchev–Trinajstić information content (AvgIpc) is 3.85. The smallest absolute Gasteiger partial charge is 0.244 e. The number of fused-ring (bicyclic) bond motifs is 5. The summed E-state index contributed by atoms with van der Waals surface area (Å²) < 4.78 is 5.48. The van der Waals surface area contributed by atoms with E-state index in [2.05, 4.69) is 10.3 Å². The van der Waals surface area contributed by atoms with Crippen LogP contribution in [0.2, 0.25) is 0 Å². The Balaban J connectivity index is 1.15. The molecule has 1 saturated heterocycles. The Kier molecular flexibility index (Phi) is 9.78. The lowest BCUT2D eigenvalue weighted by atomic mass is 9.71. The van der Waals surface area contributed by atoms with Crippen molar-refractivity contribution < 1.29 is 24.2 Å². The molecule has 2 bridgehead atoms. The molecule has 2 aromatic heterocycles. The lowest BCUT2D eigenvalue weighted by molar-refractivity contribution is -0.140. The SMILES string of the molecule is CCOc1ccc(C=CC(=O)NCCN2C(=O)C3C4C=C(C(O)(c5ccccc5)c5ccccn5)C(C4=C(c4ccccc4)c4ccccn4)C3C2=O)cc1. The van der Waals surface area contributed by atoms with Crippen LogP contribution in [-0.4, -0.2) is 57.4 Å². The van der Waals surface area contributed by atoms with E-state index in [0.717, 1.165) is 28.0 Å². The van der Waals surface area contributed by atoms with Crippen LogP contribution in [-0.2, 0) is 20.0 Å². The molecule has 55 heavy (non-hydrogen) atoms. The fourth-order valence-electron chi connectivity index (χ4n) is 8.50. The van der Waals surface area contributed by atoms with Crippen LogP contribution < -0.4 is 10.1 Å². The molecule has 3 heterocycles. The minimum atomic E-state index is -1.70. The fraction of sp³-hybridized carbons (Fsp3) is 0.196. The number of rotatable bonds is 12. The van der Waals surface area contributed by atoms with Crippen LogP contribution in [0.5, 0.6) is 5.75 Å². The molecule has 3 amide bonds. The molecule has 2 aliphatic carbocycles. The molecule has 5 unspecified atom stereocenters. The number of pyridine rings is 2. The lowest BCUT2D eigenvalue weighted by Gasteiger charge is -2.36. The molecule has 0 radical (unpaired) electrons. The van der Waals surface area contributed by atoms with E-state index in [-0.39, 0.29) is 30.8 Å².